The largest absolute Gasteiger partial charge is 0.367 e. The average molecular weight is 356 g/mol. The van der Waals surface area contributed by atoms with Gasteiger partial charge in [0.05, 0.1) is 17.7 Å². The minimum Gasteiger partial charge on any atom is -0.367 e. The van der Waals surface area contributed by atoms with Crippen molar-refractivity contribution in [2.45, 2.75) is 19.6 Å². The van der Waals surface area contributed by atoms with E-state index in [1.54, 1.807) is 19.1 Å². The van der Waals surface area contributed by atoms with E-state index in [0.29, 0.717) is 5.02 Å². The SMILES string of the molecule is CC(NC(=O)COCc1ccccc1Cl)c1ccc(F)c(Cl)c1. The van der Waals surface area contributed by atoms with Gasteiger partial charge in [-0.25, -0.2) is 4.39 Å². The third-order valence-corrected chi connectivity index (χ3v) is 3.93. The molecule has 3 nitrogen and oxygen atoms in total. The molecule has 1 N–H and O–H groups in total. The smallest absolute Gasteiger partial charge is 0.246 e. The van der Waals surface area contributed by atoms with Crippen molar-refractivity contribution >= 4 is 29.1 Å². The van der Waals surface area contributed by atoms with Gasteiger partial charge < -0.3 is 10.1 Å². The molecule has 23 heavy (non-hydrogen) atoms. The number of amides is 1. The van der Waals surface area contributed by atoms with E-state index in [2.05, 4.69) is 5.32 Å². The summed E-state index contributed by atoms with van der Waals surface area (Å²) in [5, 5.41) is 3.39. The zero-order valence-corrected chi connectivity index (χ0v) is 14.0. The van der Waals surface area contributed by atoms with Gasteiger partial charge in [-0.15, -0.1) is 0 Å². The van der Waals surface area contributed by atoms with Crippen LogP contribution in [-0.2, 0) is 16.1 Å². The van der Waals surface area contributed by atoms with Crippen LogP contribution < -0.4 is 5.32 Å². The highest BCUT2D eigenvalue weighted by Crippen LogP contribution is 2.20. The number of halogens is 3. The Morgan fingerprint density at radius 1 is 1.22 bits per heavy atom. The molecule has 1 atom stereocenters. The van der Waals surface area contributed by atoms with E-state index in [1.807, 2.05) is 18.2 Å². The second kappa shape index (κ2) is 8.29. The van der Waals surface area contributed by atoms with Crippen LogP contribution in [0.4, 0.5) is 4.39 Å². The van der Waals surface area contributed by atoms with Gasteiger partial charge in [0.15, 0.2) is 0 Å². The summed E-state index contributed by atoms with van der Waals surface area (Å²) >= 11 is 11.7. The van der Waals surface area contributed by atoms with Crippen LogP contribution >= 0.6 is 23.2 Å². The van der Waals surface area contributed by atoms with Gasteiger partial charge in [0.1, 0.15) is 12.4 Å². The van der Waals surface area contributed by atoms with Gasteiger partial charge in [0.25, 0.3) is 0 Å². The van der Waals surface area contributed by atoms with Crippen molar-refractivity contribution in [3.63, 3.8) is 0 Å². The summed E-state index contributed by atoms with van der Waals surface area (Å²) in [6.07, 6.45) is 0. The number of benzene rings is 2. The molecule has 0 aromatic heterocycles. The molecular weight excluding hydrogens is 340 g/mol. The number of rotatable bonds is 6. The van der Waals surface area contributed by atoms with Crippen molar-refractivity contribution in [1.29, 1.82) is 0 Å². The van der Waals surface area contributed by atoms with Gasteiger partial charge in [-0.2, -0.15) is 0 Å². The van der Waals surface area contributed by atoms with Crippen LogP contribution in [-0.4, -0.2) is 12.5 Å². The van der Waals surface area contributed by atoms with E-state index in [-0.39, 0.29) is 30.2 Å². The summed E-state index contributed by atoms with van der Waals surface area (Å²) < 4.78 is 18.5. The van der Waals surface area contributed by atoms with Gasteiger partial charge in [-0.3, -0.25) is 4.79 Å². The number of nitrogens with one attached hydrogen (secondary N) is 1. The summed E-state index contributed by atoms with van der Waals surface area (Å²) in [6.45, 7) is 1.95. The second-order valence-electron chi connectivity index (χ2n) is 5.05. The lowest BCUT2D eigenvalue weighted by atomic mass is 10.1. The minimum absolute atomic E-state index is 0.0265. The fourth-order valence-electron chi connectivity index (χ4n) is 2.02. The zero-order chi connectivity index (χ0) is 16.8. The molecule has 0 aliphatic heterocycles. The lowest BCUT2D eigenvalue weighted by Crippen LogP contribution is -2.30. The predicted octanol–water partition coefficient (Wildman–Crippen LogP) is 4.53. The summed E-state index contributed by atoms with van der Waals surface area (Å²) in [7, 11) is 0. The van der Waals surface area contributed by atoms with Crippen LogP contribution in [0.1, 0.15) is 24.1 Å². The zero-order valence-electron chi connectivity index (χ0n) is 12.5. The Balaban J connectivity index is 1.82. The molecule has 0 saturated heterocycles. The van der Waals surface area contributed by atoms with E-state index in [9.17, 15) is 9.18 Å². The molecular formula is C17H16Cl2FNO2. The Morgan fingerprint density at radius 3 is 2.65 bits per heavy atom. The van der Waals surface area contributed by atoms with Crippen molar-refractivity contribution in [1.82, 2.24) is 5.32 Å². The van der Waals surface area contributed by atoms with Gasteiger partial charge >= 0.3 is 0 Å². The average Bonchev–Trinajstić information content (AvgIpc) is 2.51. The standard InChI is InChI=1S/C17H16Cl2FNO2/c1-11(12-6-7-16(20)15(19)8-12)21-17(22)10-23-9-13-4-2-3-5-14(13)18/h2-8,11H,9-10H2,1H3,(H,21,22). The minimum atomic E-state index is -0.489. The highest BCUT2D eigenvalue weighted by atomic mass is 35.5. The lowest BCUT2D eigenvalue weighted by Gasteiger charge is -2.15. The fraction of sp³-hybridized carbons (Fsp3) is 0.235. The molecule has 2 aromatic rings. The first-order chi connectivity index (χ1) is 11.0. The summed E-state index contributed by atoms with van der Waals surface area (Å²) in [4.78, 5) is 11.9. The highest BCUT2D eigenvalue weighted by Gasteiger charge is 2.12. The Morgan fingerprint density at radius 2 is 1.96 bits per heavy atom. The van der Waals surface area contributed by atoms with E-state index in [4.69, 9.17) is 27.9 Å². The Kier molecular flexibility index (Phi) is 6.39. The molecule has 2 aromatic carbocycles. The molecule has 6 heteroatoms. The first kappa shape index (κ1) is 17.7. The number of hydrogen-bond donors (Lipinski definition) is 1. The fourth-order valence-corrected chi connectivity index (χ4v) is 2.40. The van der Waals surface area contributed by atoms with Gasteiger partial charge in [-0.1, -0.05) is 47.5 Å². The Hall–Kier alpha value is -1.62. The van der Waals surface area contributed by atoms with Crippen molar-refractivity contribution < 1.29 is 13.9 Å². The van der Waals surface area contributed by atoms with Crippen molar-refractivity contribution in [3.8, 4) is 0 Å². The first-order valence-corrected chi connectivity index (χ1v) is 7.78. The lowest BCUT2D eigenvalue weighted by molar-refractivity contribution is -0.126. The topological polar surface area (TPSA) is 38.3 Å². The van der Waals surface area contributed by atoms with Gasteiger partial charge in [0, 0.05) is 5.02 Å². The molecule has 0 heterocycles. The number of carbonyl (C=O) groups excluding carboxylic acids is 1. The van der Waals surface area contributed by atoms with Crippen LogP contribution in [0.3, 0.4) is 0 Å². The van der Waals surface area contributed by atoms with Crippen LogP contribution in [0.15, 0.2) is 42.5 Å². The normalized spacial score (nSPS) is 12.0. The van der Waals surface area contributed by atoms with Crippen LogP contribution in [0.2, 0.25) is 10.0 Å². The number of hydrogen-bond acceptors (Lipinski definition) is 2. The highest BCUT2D eigenvalue weighted by molar-refractivity contribution is 6.31. The third kappa shape index (κ3) is 5.20. The summed E-state index contributed by atoms with van der Waals surface area (Å²) in [5.41, 5.74) is 1.54. The van der Waals surface area contributed by atoms with E-state index >= 15 is 0 Å². The monoisotopic (exact) mass is 355 g/mol. The molecule has 0 bridgehead atoms. The predicted molar refractivity (Wildman–Crippen MR) is 89.1 cm³/mol. The summed E-state index contributed by atoms with van der Waals surface area (Å²) in [6, 6.07) is 11.3. The molecule has 1 unspecified atom stereocenters. The van der Waals surface area contributed by atoms with Crippen LogP contribution in [0.25, 0.3) is 0 Å². The molecule has 2 rings (SSSR count). The van der Waals surface area contributed by atoms with Crippen molar-refractivity contribution in [2.75, 3.05) is 6.61 Å². The molecule has 0 saturated carbocycles. The maximum Gasteiger partial charge on any atom is 0.246 e. The van der Waals surface area contributed by atoms with E-state index < -0.39 is 5.82 Å². The number of ether oxygens (including phenoxy) is 1. The van der Waals surface area contributed by atoms with Crippen molar-refractivity contribution in [3.05, 3.63) is 69.5 Å². The molecule has 0 aliphatic carbocycles. The van der Waals surface area contributed by atoms with Crippen molar-refractivity contribution in [2.24, 2.45) is 0 Å². The van der Waals surface area contributed by atoms with Gasteiger partial charge in [-0.05, 0) is 36.2 Å². The molecule has 0 fully saturated rings. The molecule has 0 spiro atoms. The third-order valence-electron chi connectivity index (χ3n) is 3.27. The summed E-state index contributed by atoms with van der Waals surface area (Å²) in [5.74, 6) is -0.762. The molecule has 0 aliphatic rings. The Labute approximate surface area is 144 Å². The van der Waals surface area contributed by atoms with Crippen LogP contribution in [0, 0.1) is 5.82 Å². The van der Waals surface area contributed by atoms with E-state index in [0.717, 1.165) is 11.1 Å². The van der Waals surface area contributed by atoms with Crippen LogP contribution in [0.5, 0.6) is 0 Å². The van der Waals surface area contributed by atoms with E-state index in [1.165, 1.54) is 12.1 Å². The second-order valence-corrected chi connectivity index (χ2v) is 5.86. The molecule has 0 radical (unpaired) electrons. The molecule has 122 valence electrons. The maximum atomic E-state index is 13.1. The van der Waals surface area contributed by atoms with Gasteiger partial charge in [0.2, 0.25) is 5.91 Å². The molecule has 1 amide bonds. The quantitative estimate of drug-likeness (QED) is 0.826. The maximum absolute atomic E-state index is 13.1. The Bertz CT molecular complexity index is 694. The number of carbonyl (C=O) groups is 1. The first-order valence-electron chi connectivity index (χ1n) is 7.03.